The number of nitrogen functional groups attached to an aromatic ring is 2. The van der Waals surface area contributed by atoms with E-state index < -0.39 is 20.0 Å². The molecule has 6 rings (SSSR count). The van der Waals surface area contributed by atoms with Crippen LogP contribution in [0.3, 0.4) is 0 Å². The maximum absolute atomic E-state index is 12.1. The van der Waals surface area contributed by atoms with Crippen LogP contribution in [0.1, 0.15) is 13.8 Å². The summed E-state index contributed by atoms with van der Waals surface area (Å²) in [5, 5.41) is 7.98. The number of hydrogen-bond donors (Lipinski definition) is 6. The Kier molecular flexibility index (Phi) is 13.1. The van der Waals surface area contributed by atoms with Crippen LogP contribution in [-0.2, 0) is 20.0 Å². The Morgan fingerprint density at radius 2 is 0.981 bits per heavy atom. The average molecular weight is 775 g/mol. The van der Waals surface area contributed by atoms with Crippen LogP contribution in [0, 0.1) is 0 Å². The molecule has 0 unspecified atom stereocenters. The number of sulfonamides is 2. The third-order valence-corrected chi connectivity index (χ3v) is 10.7. The zero-order valence-electron chi connectivity index (χ0n) is 31.4. The van der Waals surface area contributed by atoms with Crippen molar-refractivity contribution in [3.63, 3.8) is 0 Å². The van der Waals surface area contributed by atoms with E-state index in [9.17, 15) is 16.8 Å². The summed E-state index contributed by atoms with van der Waals surface area (Å²) in [6.45, 7) is 4.00. The topological polar surface area (TPSA) is 226 Å². The largest absolute Gasteiger partial charge is 0.399 e. The lowest BCUT2D eigenvalue weighted by Crippen LogP contribution is -2.19. The number of benzene rings is 4. The molecule has 0 saturated carbocycles. The van der Waals surface area contributed by atoms with E-state index in [0.717, 1.165) is 27.7 Å². The van der Waals surface area contributed by atoms with Gasteiger partial charge in [0.15, 0.2) is 0 Å². The first-order valence-corrected chi connectivity index (χ1v) is 19.6. The third kappa shape index (κ3) is 9.39. The summed E-state index contributed by atoms with van der Waals surface area (Å²) in [6, 6.07) is 20.5. The fourth-order valence-corrected chi connectivity index (χ4v) is 6.69. The molecular weight excluding hydrogens is 729 g/mol. The van der Waals surface area contributed by atoms with E-state index in [1.807, 2.05) is 64.0 Å². The maximum atomic E-state index is 12.1. The number of nitrogens with one attached hydrogen (secondary N) is 4. The number of aromatic nitrogens is 4. The highest BCUT2D eigenvalue weighted by Crippen LogP contribution is 2.34. The molecule has 0 amide bonds. The van der Waals surface area contributed by atoms with E-state index in [1.54, 1.807) is 60.7 Å². The normalized spacial score (nSPS) is 11.2. The van der Waals surface area contributed by atoms with E-state index in [4.69, 9.17) is 11.5 Å². The quantitative estimate of drug-likeness (QED) is 0.102. The van der Waals surface area contributed by atoms with Crippen molar-refractivity contribution in [3.8, 4) is 0 Å². The molecule has 0 aliphatic rings. The first-order valence-electron chi connectivity index (χ1n) is 16.7. The van der Waals surface area contributed by atoms with E-state index in [0.29, 0.717) is 39.9 Å². The van der Waals surface area contributed by atoms with Gasteiger partial charge in [-0.3, -0.25) is 0 Å². The SMILES string of the molecule is CC.CNS(=O)(=O)c1ccc(N(C)C)c(Nc2ncnc3cc(N)ccc23)c1.CNS(=O)(=O)c1ccc(N(C)C)c(Nc2ncnc3ccc(N)cc23)c1. The summed E-state index contributed by atoms with van der Waals surface area (Å²) in [7, 11) is 3.15. The second-order valence-electron chi connectivity index (χ2n) is 11.8. The highest BCUT2D eigenvalue weighted by atomic mass is 32.2. The number of hydrogen-bond acceptors (Lipinski definition) is 14. The average Bonchev–Trinajstić information content (AvgIpc) is 3.15. The lowest BCUT2D eigenvalue weighted by atomic mass is 10.2. The molecule has 0 spiro atoms. The molecule has 18 heteroatoms. The molecule has 2 heterocycles. The summed E-state index contributed by atoms with van der Waals surface area (Å²) in [5.41, 5.74) is 17.2. The van der Waals surface area contributed by atoms with Gasteiger partial charge in [-0.2, -0.15) is 0 Å². The van der Waals surface area contributed by atoms with Crippen molar-refractivity contribution < 1.29 is 16.8 Å². The minimum Gasteiger partial charge on any atom is -0.399 e. The van der Waals surface area contributed by atoms with Crippen LogP contribution < -0.4 is 41.3 Å². The van der Waals surface area contributed by atoms with Crippen LogP contribution >= 0.6 is 0 Å². The molecule has 4 aromatic carbocycles. The predicted molar refractivity (Wildman–Crippen MR) is 220 cm³/mol. The second-order valence-corrected chi connectivity index (χ2v) is 15.6. The molecule has 286 valence electrons. The van der Waals surface area contributed by atoms with Gasteiger partial charge in [0, 0.05) is 50.3 Å². The van der Waals surface area contributed by atoms with Crippen molar-refractivity contribution in [3.05, 3.63) is 85.5 Å². The van der Waals surface area contributed by atoms with Crippen molar-refractivity contribution in [2.75, 3.05) is 74.2 Å². The molecule has 0 aliphatic carbocycles. The molecule has 0 atom stereocenters. The van der Waals surface area contributed by atoms with Gasteiger partial charge in [-0.05, 0) is 86.9 Å². The van der Waals surface area contributed by atoms with E-state index >= 15 is 0 Å². The molecular formula is C36H46N12O4S2. The zero-order chi connectivity index (χ0) is 39.8. The molecule has 2 aromatic heterocycles. The minimum absolute atomic E-state index is 0.158. The first kappa shape index (κ1) is 40.9. The molecule has 0 saturated heterocycles. The second kappa shape index (κ2) is 17.3. The summed E-state index contributed by atoms with van der Waals surface area (Å²) < 4.78 is 53.2. The van der Waals surface area contributed by atoms with Crippen molar-refractivity contribution in [2.24, 2.45) is 0 Å². The highest BCUT2D eigenvalue weighted by Gasteiger charge is 2.18. The van der Waals surface area contributed by atoms with Crippen LogP contribution in [0.4, 0.5) is 45.8 Å². The van der Waals surface area contributed by atoms with Gasteiger partial charge >= 0.3 is 0 Å². The maximum Gasteiger partial charge on any atom is 0.240 e. The third-order valence-electron chi connectivity index (χ3n) is 7.88. The smallest absolute Gasteiger partial charge is 0.240 e. The standard InChI is InChI=1S/2C17H20N6O2S.C2H6/c1-19-26(24,25)12-5-7-16(23(2)3)15(9-12)22-17-13-8-11(18)4-6-14(13)20-10-21-17;1-19-26(24,25)12-5-7-16(23(2)3)15(9-12)22-17-13-6-4-11(18)8-14(13)20-10-21-17;1-2/h2*4-10,19H,18H2,1-3H3,(H,20,21,22);1-2H3. The Labute approximate surface area is 316 Å². The number of rotatable bonds is 10. The molecule has 0 bridgehead atoms. The molecule has 0 fully saturated rings. The molecule has 6 aromatic rings. The Morgan fingerprint density at radius 3 is 1.46 bits per heavy atom. The van der Waals surface area contributed by atoms with Gasteiger partial charge in [-0.1, -0.05) is 13.8 Å². The Morgan fingerprint density at radius 1 is 0.537 bits per heavy atom. The summed E-state index contributed by atoms with van der Waals surface area (Å²) in [4.78, 5) is 21.1. The van der Waals surface area contributed by atoms with E-state index in [2.05, 4.69) is 40.0 Å². The summed E-state index contributed by atoms with van der Waals surface area (Å²) in [5.74, 6) is 1.11. The summed E-state index contributed by atoms with van der Waals surface area (Å²) in [6.07, 6.45) is 2.89. The van der Waals surface area contributed by atoms with Gasteiger partial charge in [0.1, 0.15) is 24.3 Å². The Hall–Kier alpha value is -5.82. The molecule has 0 aliphatic heterocycles. The van der Waals surface area contributed by atoms with E-state index in [1.165, 1.54) is 26.7 Å². The fraction of sp³-hybridized carbons (Fsp3) is 0.222. The van der Waals surface area contributed by atoms with Crippen LogP contribution in [-0.4, -0.2) is 79.1 Å². The number of fused-ring (bicyclic) bond motifs is 2. The van der Waals surface area contributed by atoms with Crippen molar-refractivity contribution in [1.29, 1.82) is 0 Å². The number of nitrogens with two attached hydrogens (primary N) is 2. The van der Waals surface area contributed by atoms with Gasteiger partial charge in [-0.15, -0.1) is 0 Å². The Balaban J connectivity index is 0.000000230. The van der Waals surface area contributed by atoms with Crippen LogP contribution in [0.15, 0.2) is 95.2 Å². The minimum atomic E-state index is -3.57. The lowest BCUT2D eigenvalue weighted by molar-refractivity contribution is 0.586. The highest BCUT2D eigenvalue weighted by molar-refractivity contribution is 7.89. The van der Waals surface area contributed by atoms with Gasteiger partial charge < -0.3 is 31.9 Å². The van der Waals surface area contributed by atoms with Crippen LogP contribution in [0.25, 0.3) is 21.8 Å². The summed E-state index contributed by atoms with van der Waals surface area (Å²) >= 11 is 0. The molecule has 0 radical (unpaired) electrons. The fourth-order valence-electron chi connectivity index (χ4n) is 5.18. The van der Waals surface area contributed by atoms with Gasteiger partial charge in [-0.25, -0.2) is 46.2 Å². The van der Waals surface area contributed by atoms with Gasteiger partial charge in [0.25, 0.3) is 0 Å². The van der Waals surface area contributed by atoms with Crippen LogP contribution in [0.5, 0.6) is 0 Å². The van der Waals surface area contributed by atoms with Crippen LogP contribution in [0.2, 0.25) is 0 Å². The van der Waals surface area contributed by atoms with Crippen molar-refractivity contribution >= 4 is 87.6 Å². The van der Waals surface area contributed by atoms with E-state index in [-0.39, 0.29) is 9.79 Å². The van der Waals surface area contributed by atoms with Gasteiger partial charge in [0.05, 0.1) is 43.6 Å². The van der Waals surface area contributed by atoms with Gasteiger partial charge in [0.2, 0.25) is 20.0 Å². The molecule has 8 N–H and O–H groups in total. The Bertz CT molecular complexity index is 2480. The van der Waals surface area contributed by atoms with Crippen molar-refractivity contribution in [2.45, 2.75) is 23.6 Å². The number of anilines is 8. The predicted octanol–water partition coefficient (Wildman–Crippen LogP) is 4.89. The van der Waals surface area contributed by atoms with Crippen molar-refractivity contribution in [1.82, 2.24) is 29.4 Å². The first-order chi connectivity index (χ1) is 25.6. The zero-order valence-corrected chi connectivity index (χ0v) is 33.0. The lowest BCUT2D eigenvalue weighted by Gasteiger charge is -2.20. The molecule has 54 heavy (non-hydrogen) atoms. The molecule has 16 nitrogen and oxygen atoms in total. The number of nitrogens with zero attached hydrogens (tertiary/aromatic N) is 6. The monoisotopic (exact) mass is 774 g/mol.